The molecule has 112 valence electrons. The Hall–Kier alpha value is -0.580. The molecule has 0 aliphatic heterocycles. The van der Waals surface area contributed by atoms with Crippen molar-refractivity contribution in [3.8, 4) is 0 Å². The third kappa shape index (κ3) is 3.74. The van der Waals surface area contributed by atoms with Crippen LogP contribution < -0.4 is 5.73 Å². The molecule has 0 aromatic heterocycles. The predicted molar refractivity (Wildman–Crippen MR) is 87.8 cm³/mol. The predicted octanol–water partition coefficient (Wildman–Crippen LogP) is 3.35. The fourth-order valence-corrected chi connectivity index (χ4v) is 3.39. The Morgan fingerprint density at radius 2 is 2.05 bits per heavy atom. The summed E-state index contributed by atoms with van der Waals surface area (Å²) in [6.07, 6.45) is 4.11. The van der Waals surface area contributed by atoms with Crippen LogP contribution in [-0.2, 0) is 11.3 Å². The first-order valence-corrected chi connectivity index (χ1v) is 7.57. The van der Waals surface area contributed by atoms with Gasteiger partial charge in [-0.25, -0.2) is 0 Å². The number of carbonyl (C=O) groups excluding carboxylic acids is 1. The Balaban J connectivity index is 0.00000200. The Kier molecular flexibility index (Phi) is 6.49. The van der Waals surface area contributed by atoms with E-state index < -0.39 is 0 Å². The molecule has 0 unspecified atom stereocenters. The summed E-state index contributed by atoms with van der Waals surface area (Å²) in [4.78, 5) is 14.4. The van der Waals surface area contributed by atoms with Gasteiger partial charge in [-0.1, -0.05) is 40.9 Å². The average Bonchev–Trinajstić information content (AvgIpc) is 2.87. The van der Waals surface area contributed by atoms with Gasteiger partial charge in [0.1, 0.15) is 0 Å². The quantitative estimate of drug-likeness (QED) is 0.894. The van der Waals surface area contributed by atoms with Crippen LogP contribution in [0.15, 0.2) is 28.7 Å². The molecule has 0 atom stereocenters. The van der Waals surface area contributed by atoms with Gasteiger partial charge in [-0.15, -0.1) is 12.4 Å². The molecule has 2 N–H and O–H groups in total. The lowest BCUT2D eigenvalue weighted by Gasteiger charge is -2.31. The summed E-state index contributed by atoms with van der Waals surface area (Å²) >= 11 is 3.46. The number of halogens is 2. The minimum Gasteiger partial charge on any atom is -0.341 e. The van der Waals surface area contributed by atoms with Crippen LogP contribution in [0.5, 0.6) is 0 Å². The fourth-order valence-electron chi connectivity index (χ4n) is 2.94. The standard InChI is InChI=1S/C15H21BrN2O.ClH/c1-18(10-12-5-4-6-13(16)9-12)14(19)15(11-17)7-2-3-8-15;/h4-6,9H,2-3,7-8,10-11,17H2,1H3;1H. The minimum absolute atomic E-state index is 0. The van der Waals surface area contributed by atoms with Crippen molar-refractivity contribution in [2.45, 2.75) is 32.2 Å². The van der Waals surface area contributed by atoms with Crippen LogP contribution in [0, 0.1) is 5.41 Å². The molecular formula is C15H22BrClN2O. The zero-order valence-corrected chi connectivity index (χ0v) is 14.2. The highest BCUT2D eigenvalue weighted by molar-refractivity contribution is 9.10. The second-order valence-corrected chi connectivity index (χ2v) is 6.40. The Morgan fingerprint density at radius 1 is 1.40 bits per heavy atom. The number of nitrogens with zero attached hydrogens (tertiary/aromatic N) is 1. The maximum absolute atomic E-state index is 12.6. The monoisotopic (exact) mass is 360 g/mol. The molecule has 2 rings (SSSR count). The van der Waals surface area contributed by atoms with Gasteiger partial charge in [0.05, 0.1) is 5.41 Å². The molecule has 1 amide bonds. The van der Waals surface area contributed by atoms with Crippen molar-refractivity contribution in [3.63, 3.8) is 0 Å². The molecule has 20 heavy (non-hydrogen) atoms. The molecule has 3 nitrogen and oxygen atoms in total. The van der Waals surface area contributed by atoms with E-state index in [9.17, 15) is 4.79 Å². The van der Waals surface area contributed by atoms with E-state index in [1.165, 1.54) is 0 Å². The molecule has 0 bridgehead atoms. The topological polar surface area (TPSA) is 46.3 Å². The minimum atomic E-state index is -0.305. The molecule has 0 heterocycles. The van der Waals surface area contributed by atoms with Gasteiger partial charge in [0.15, 0.2) is 0 Å². The summed E-state index contributed by atoms with van der Waals surface area (Å²) in [5.41, 5.74) is 6.70. The number of rotatable bonds is 4. The molecule has 0 saturated heterocycles. The van der Waals surface area contributed by atoms with Crippen molar-refractivity contribution in [3.05, 3.63) is 34.3 Å². The molecule has 1 aromatic carbocycles. The second-order valence-electron chi connectivity index (χ2n) is 5.48. The molecule has 0 radical (unpaired) electrons. The number of amides is 1. The second kappa shape index (κ2) is 7.43. The van der Waals surface area contributed by atoms with Crippen molar-refractivity contribution in [2.24, 2.45) is 11.1 Å². The summed E-state index contributed by atoms with van der Waals surface area (Å²) in [7, 11) is 1.87. The van der Waals surface area contributed by atoms with Gasteiger partial charge in [-0.2, -0.15) is 0 Å². The molecule has 1 aromatic rings. The van der Waals surface area contributed by atoms with E-state index in [1.807, 2.05) is 36.2 Å². The third-order valence-corrected chi connectivity index (χ3v) is 4.55. The van der Waals surface area contributed by atoms with Crippen LogP contribution in [0.4, 0.5) is 0 Å². The summed E-state index contributed by atoms with van der Waals surface area (Å²) in [6, 6.07) is 8.07. The van der Waals surface area contributed by atoms with E-state index in [0.29, 0.717) is 13.1 Å². The number of benzene rings is 1. The first kappa shape index (κ1) is 17.5. The zero-order valence-electron chi connectivity index (χ0n) is 11.8. The van der Waals surface area contributed by atoms with Crippen molar-refractivity contribution >= 4 is 34.2 Å². The molecular weight excluding hydrogens is 340 g/mol. The molecule has 1 fully saturated rings. The van der Waals surface area contributed by atoms with E-state index in [4.69, 9.17) is 5.73 Å². The summed E-state index contributed by atoms with van der Waals surface area (Å²) in [5, 5.41) is 0. The number of carbonyl (C=O) groups is 1. The van der Waals surface area contributed by atoms with Crippen LogP contribution in [0.3, 0.4) is 0 Å². The number of hydrogen-bond acceptors (Lipinski definition) is 2. The number of nitrogens with two attached hydrogens (primary N) is 1. The first-order valence-electron chi connectivity index (χ1n) is 6.77. The summed E-state index contributed by atoms with van der Waals surface area (Å²) in [5.74, 6) is 0.201. The highest BCUT2D eigenvalue weighted by atomic mass is 79.9. The molecule has 1 saturated carbocycles. The van der Waals surface area contributed by atoms with Gasteiger partial charge in [0.25, 0.3) is 0 Å². The van der Waals surface area contributed by atoms with Gasteiger partial charge in [-0.3, -0.25) is 4.79 Å². The fraction of sp³-hybridized carbons (Fsp3) is 0.533. The van der Waals surface area contributed by atoms with E-state index in [2.05, 4.69) is 15.9 Å². The molecule has 1 aliphatic rings. The zero-order chi connectivity index (χ0) is 13.9. The maximum atomic E-state index is 12.6. The summed E-state index contributed by atoms with van der Waals surface area (Å²) in [6.45, 7) is 1.11. The van der Waals surface area contributed by atoms with Crippen LogP contribution >= 0.6 is 28.3 Å². The van der Waals surface area contributed by atoms with Crippen LogP contribution in [0.2, 0.25) is 0 Å². The largest absolute Gasteiger partial charge is 0.341 e. The van der Waals surface area contributed by atoms with E-state index in [0.717, 1.165) is 35.7 Å². The molecule has 5 heteroatoms. The van der Waals surface area contributed by atoms with Gasteiger partial charge >= 0.3 is 0 Å². The van der Waals surface area contributed by atoms with Gasteiger partial charge in [0.2, 0.25) is 5.91 Å². The van der Waals surface area contributed by atoms with Crippen molar-refractivity contribution < 1.29 is 4.79 Å². The Labute approximate surface area is 135 Å². The van der Waals surface area contributed by atoms with Crippen LogP contribution in [0.25, 0.3) is 0 Å². The lowest BCUT2D eigenvalue weighted by atomic mass is 9.84. The maximum Gasteiger partial charge on any atom is 0.230 e. The van der Waals surface area contributed by atoms with Crippen LogP contribution in [-0.4, -0.2) is 24.4 Å². The highest BCUT2D eigenvalue weighted by Crippen LogP contribution is 2.38. The lowest BCUT2D eigenvalue weighted by molar-refractivity contribution is -0.140. The third-order valence-electron chi connectivity index (χ3n) is 4.06. The van der Waals surface area contributed by atoms with Crippen LogP contribution in [0.1, 0.15) is 31.2 Å². The Bertz CT molecular complexity index is 461. The normalized spacial score (nSPS) is 16.6. The van der Waals surface area contributed by atoms with Gasteiger partial charge < -0.3 is 10.6 Å². The lowest BCUT2D eigenvalue weighted by Crippen LogP contribution is -2.44. The van der Waals surface area contributed by atoms with Crippen molar-refractivity contribution in [2.75, 3.05) is 13.6 Å². The van der Waals surface area contributed by atoms with E-state index in [1.54, 1.807) is 0 Å². The van der Waals surface area contributed by atoms with Gasteiger partial charge in [0, 0.05) is 24.6 Å². The highest BCUT2D eigenvalue weighted by Gasteiger charge is 2.41. The molecule has 0 spiro atoms. The Morgan fingerprint density at radius 3 is 2.60 bits per heavy atom. The van der Waals surface area contributed by atoms with Gasteiger partial charge in [-0.05, 0) is 30.5 Å². The summed E-state index contributed by atoms with van der Waals surface area (Å²) < 4.78 is 1.04. The smallest absolute Gasteiger partial charge is 0.230 e. The van der Waals surface area contributed by atoms with Crippen molar-refractivity contribution in [1.29, 1.82) is 0 Å². The molecule has 1 aliphatic carbocycles. The SMILES string of the molecule is CN(Cc1cccc(Br)c1)C(=O)C1(CN)CCCC1.Cl. The first-order chi connectivity index (χ1) is 9.07. The van der Waals surface area contributed by atoms with E-state index >= 15 is 0 Å². The van der Waals surface area contributed by atoms with E-state index in [-0.39, 0.29) is 23.7 Å². The number of hydrogen-bond donors (Lipinski definition) is 1. The van der Waals surface area contributed by atoms with Crippen molar-refractivity contribution in [1.82, 2.24) is 4.90 Å². The average molecular weight is 362 g/mol.